The summed E-state index contributed by atoms with van der Waals surface area (Å²) in [6, 6.07) is 7.93. The molecule has 1 N–H and O–H groups in total. The van der Waals surface area contributed by atoms with E-state index in [0.717, 1.165) is 55.0 Å². The van der Waals surface area contributed by atoms with Gasteiger partial charge in [0.2, 0.25) is 0 Å². The Balaban J connectivity index is 1.65. The standard InChI is InChI=1S/C31H51ClO3S/c1-2-3-4-5-6-7-8-9-10-11-12-13-19-30(36-28-23-21-27(32)22-24-28)29(33)18-14-16-25-34-31-20-15-17-26-35-31/h13,19,21-24,29-31,33H,2-12,14-18,20,25-26H2,1H3/b19-13-/t29-,30+,31?/m0/s1. The largest absolute Gasteiger partial charge is 0.392 e. The maximum atomic E-state index is 11.0. The third kappa shape index (κ3) is 15.7. The molecule has 1 aromatic carbocycles. The van der Waals surface area contributed by atoms with Gasteiger partial charge in [-0.3, -0.25) is 0 Å². The molecule has 1 saturated heterocycles. The van der Waals surface area contributed by atoms with Gasteiger partial charge in [0.25, 0.3) is 0 Å². The molecule has 3 atom stereocenters. The third-order valence-corrected chi connectivity index (χ3v) is 8.39. The molecule has 1 unspecified atom stereocenters. The van der Waals surface area contributed by atoms with Crippen LogP contribution >= 0.6 is 23.4 Å². The van der Waals surface area contributed by atoms with Crippen LogP contribution in [-0.2, 0) is 9.47 Å². The predicted molar refractivity (Wildman–Crippen MR) is 156 cm³/mol. The predicted octanol–water partition coefficient (Wildman–Crippen LogP) is 9.74. The minimum Gasteiger partial charge on any atom is -0.392 e. The Hall–Kier alpha value is -0.520. The van der Waals surface area contributed by atoms with Crippen molar-refractivity contribution in [1.82, 2.24) is 0 Å². The molecule has 0 amide bonds. The van der Waals surface area contributed by atoms with Crippen molar-refractivity contribution in [3.8, 4) is 0 Å². The van der Waals surface area contributed by atoms with Crippen LogP contribution in [0.15, 0.2) is 41.3 Å². The van der Waals surface area contributed by atoms with Crippen molar-refractivity contribution < 1.29 is 14.6 Å². The molecule has 1 aliphatic heterocycles. The van der Waals surface area contributed by atoms with E-state index in [4.69, 9.17) is 21.1 Å². The lowest BCUT2D eigenvalue weighted by atomic mass is 10.1. The molecular formula is C31H51ClO3S. The zero-order valence-corrected chi connectivity index (χ0v) is 24.3. The maximum Gasteiger partial charge on any atom is 0.157 e. The Morgan fingerprint density at radius 2 is 1.67 bits per heavy atom. The van der Waals surface area contributed by atoms with Crippen LogP contribution in [0.5, 0.6) is 0 Å². The van der Waals surface area contributed by atoms with Gasteiger partial charge in [-0.15, -0.1) is 11.8 Å². The van der Waals surface area contributed by atoms with Crippen LogP contribution in [0.2, 0.25) is 5.02 Å². The van der Waals surface area contributed by atoms with Crippen LogP contribution in [-0.4, -0.2) is 36.0 Å². The number of allylic oxidation sites excluding steroid dienone is 1. The molecule has 206 valence electrons. The summed E-state index contributed by atoms with van der Waals surface area (Å²) in [7, 11) is 0. The van der Waals surface area contributed by atoms with Crippen molar-refractivity contribution in [3.63, 3.8) is 0 Å². The summed E-state index contributed by atoms with van der Waals surface area (Å²) >= 11 is 7.79. The van der Waals surface area contributed by atoms with E-state index in [1.54, 1.807) is 11.8 Å². The van der Waals surface area contributed by atoms with E-state index >= 15 is 0 Å². The highest BCUT2D eigenvalue weighted by molar-refractivity contribution is 8.00. The molecule has 0 spiro atoms. The minimum atomic E-state index is -0.374. The number of hydrogen-bond donors (Lipinski definition) is 1. The molecule has 1 heterocycles. The molecule has 36 heavy (non-hydrogen) atoms. The monoisotopic (exact) mass is 538 g/mol. The fourth-order valence-corrected chi connectivity index (χ4v) is 5.79. The fraction of sp³-hybridized carbons (Fsp3) is 0.742. The number of unbranched alkanes of at least 4 members (excludes halogenated alkanes) is 11. The van der Waals surface area contributed by atoms with E-state index in [1.807, 2.05) is 24.3 Å². The zero-order valence-electron chi connectivity index (χ0n) is 22.7. The lowest BCUT2D eigenvalue weighted by Gasteiger charge is -2.23. The van der Waals surface area contributed by atoms with Gasteiger partial charge in [-0.25, -0.2) is 0 Å². The second-order valence-corrected chi connectivity index (χ2v) is 11.9. The average Bonchev–Trinajstić information content (AvgIpc) is 2.90. The number of aliphatic hydroxyl groups excluding tert-OH is 1. The molecule has 0 saturated carbocycles. The lowest BCUT2D eigenvalue weighted by molar-refractivity contribution is -0.162. The second-order valence-electron chi connectivity index (χ2n) is 10.2. The third-order valence-electron chi connectivity index (χ3n) is 6.85. The Bertz CT molecular complexity index is 660. The van der Waals surface area contributed by atoms with Gasteiger partial charge in [-0.05, 0) is 75.6 Å². The molecule has 2 rings (SSSR count). The van der Waals surface area contributed by atoms with E-state index in [1.165, 1.54) is 70.6 Å². The Morgan fingerprint density at radius 1 is 0.972 bits per heavy atom. The van der Waals surface area contributed by atoms with E-state index in [0.29, 0.717) is 6.61 Å². The SMILES string of the molecule is CCCCCCCCCCCC/C=C\[C@@H](Sc1ccc(Cl)cc1)[C@@H](O)CCCCOC1CCCCO1. The molecule has 0 aliphatic carbocycles. The van der Waals surface area contributed by atoms with E-state index in [2.05, 4.69) is 19.1 Å². The van der Waals surface area contributed by atoms with Gasteiger partial charge < -0.3 is 14.6 Å². The first-order valence-corrected chi connectivity index (χ1v) is 15.9. The van der Waals surface area contributed by atoms with Gasteiger partial charge in [-0.2, -0.15) is 0 Å². The van der Waals surface area contributed by atoms with Crippen LogP contribution < -0.4 is 0 Å². The van der Waals surface area contributed by atoms with E-state index in [-0.39, 0.29) is 17.6 Å². The number of benzene rings is 1. The highest BCUT2D eigenvalue weighted by atomic mass is 35.5. The minimum absolute atomic E-state index is 0.0226. The van der Waals surface area contributed by atoms with Crippen molar-refractivity contribution in [2.24, 2.45) is 0 Å². The average molecular weight is 539 g/mol. The zero-order chi connectivity index (χ0) is 25.7. The van der Waals surface area contributed by atoms with Crippen LogP contribution in [0, 0.1) is 0 Å². The van der Waals surface area contributed by atoms with Gasteiger partial charge in [0.1, 0.15) is 0 Å². The first-order chi connectivity index (χ1) is 17.7. The van der Waals surface area contributed by atoms with Gasteiger partial charge in [0, 0.05) is 23.1 Å². The summed E-state index contributed by atoms with van der Waals surface area (Å²) in [5.74, 6) is 0. The molecule has 5 heteroatoms. The summed E-state index contributed by atoms with van der Waals surface area (Å²) in [4.78, 5) is 1.14. The van der Waals surface area contributed by atoms with Crippen LogP contribution in [0.1, 0.15) is 116 Å². The molecule has 1 aromatic rings. The van der Waals surface area contributed by atoms with Crippen molar-refractivity contribution >= 4 is 23.4 Å². The summed E-state index contributed by atoms with van der Waals surface area (Å²) in [5, 5.41) is 11.8. The highest BCUT2D eigenvalue weighted by Crippen LogP contribution is 2.29. The Morgan fingerprint density at radius 3 is 2.33 bits per heavy atom. The smallest absolute Gasteiger partial charge is 0.157 e. The van der Waals surface area contributed by atoms with Gasteiger partial charge in [0.05, 0.1) is 11.4 Å². The van der Waals surface area contributed by atoms with Crippen LogP contribution in [0.4, 0.5) is 0 Å². The lowest BCUT2D eigenvalue weighted by Crippen LogP contribution is -2.23. The normalized spacial score (nSPS) is 18.0. The van der Waals surface area contributed by atoms with Crippen molar-refractivity contribution in [2.45, 2.75) is 139 Å². The van der Waals surface area contributed by atoms with Crippen molar-refractivity contribution in [1.29, 1.82) is 0 Å². The van der Waals surface area contributed by atoms with Gasteiger partial charge in [-0.1, -0.05) is 88.5 Å². The van der Waals surface area contributed by atoms with E-state index < -0.39 is 0 Å². The van der Waals surface area contributed by atoms with Crippen LogP contribution in [0.3, 0.4) is 0 Å². The highest BCUT2D eigenvalue weighted by Gasteiger charge is 2.18. The number of halogens is 1. The number of ether oxygens (including phenoxy) is 2. The Kier molecular flexibility index (Phi) is 18.9. The summed E-state index contributed by atoms with van der Waals surface area (Å²) in [6.07, 6.45) is 24.8. The van der Waals surface area contributed by atoms with Crippen molar-refractivity contribution in [3.05, 3.63) is 41.4 Å². The summed E-state index contributed by atoms with van der Waals surface area (Å²) in [5.41, 5.74) is 0. The molecule has 0 aromatic heterocycles. The fourth-order valence-electron chi connectivity index (χ4n) is 4.57. The second kappa shape index (κ2) is 21.4. The first-order valence-electron chi connectivity index (χ1n) is 14.7. The molecule has 0 radical (unpaired) electrons. The van der Waals surface area contributed by atoms with Crippen molar-refractivity contribution in [2.75, 3.05) is 13.2 Å². The quantitative estimate of drug-likeness (QED) is 0.0959. The summed E-state index contributed by atoms with van der Waals surface area (Å²) < 4.78 is 11.5. The number of hydrogen-bond acceptors (Lipinski definition) is 4. The topological polar surface area (TPSA) is 38.7 Å². The van der Waals surface area contributed by atoms with Crippen LogP contribution in [0.25, 0.3) is 0 Å². The Labute approximate surface area is 230 Å². The molecule has 1 fully saturated rings. The van der Waals surface area contributed by atoms with E-state index in [9.17, 15) is 5.11 Å². The molecule has 0 bridgehead atoms. The number of thioether (sulfide) groups is 1. The first kappa shape index (κ1) is 31.7. The molecular weight excluding hydrogens is 488 g/mol. The van der Waals surface area contributed by atoms with Gasteiger partial charge >= 0.3 is 0 Å². The maximum absolute atomic E-state index is 11.0. The number of rotatable bonds is 21. The summed E-state index contributed by atoms with van der Waals surface area (Å²) in [6.45, 7) is 3.80. The molecule has 1 aliphatic rings. The molecule has 3 nitrogen and oxygen atoms in total. The van der Waals surface area contributed by atoms with Gasteiger partial charge in [0.15, 0.2) is 6.29 Å². The number of aliphatic hydroxyl groups is 1.